The van der Waals surface area contributed by atoms with Crippen LogP contribution >= 0.6 is 11.6 Å². The summed E-state index contributed by atoms with van der Waals surface area (Å²) in [5.41, 5.74) is -0.929. The van der Waals surface area contributed by atoms with Crippen LogP contribution in [-0.2, 0) is 11.0 Å². The maximum absolute atomic E-state index is 13.0. The number of fused-ring (bicyclic) bond motifs is 1. The van der Waals surface area contributed by atoms with E-state index in [9.17, 15) is 18.0 Å². The summed E-state index contributed by atoms with van der Waals surface area (Å²) in [5, 5.41) is 3.49. The molecule has 2 fully saturated rings. The monoisotopic (exact) mass is 376 g/mol. The summed E-state index contributed by atoms with van der Waals surface area (Å²) in [4.78, 5) is 14.1. The quantitative estimate of drug-likeness (QED) is 0.880. The SMILES string of the molecule is O=C(COc1cc(Cl)ccc1C(F)(F)F)N1CC[C@@H]2CNC[C@@H]2CC1. The number of hydrogen-bond acceptors (Lipinski definition) is 3. The lowest BCUT2D eigenvalue weighted by molar-refractivity contribution is -0.141. The van der Waals surface area contributed by atoms with Crippen LogP contribution in [0.15, 0.2) is 18.2 Å². The minimum absolute atomic E-state index is 0.130. The van der Waals surface area contributed by atoms with Gasteiger partial charge in [0.1, 0.15) is 5.75 Å². The Kier molecular flexibility index (Phi) is 5.43. The summed E-state index contributed by atoms with van der Waals surface area (Å²) in [6.07, 6.45) is -2.74. The molecule has 2 saturated heterocycles. The molecule has 1 amide bonds. The molecule has 3 rings (SSSR count). The number of alkyl halides is 3. The number of carbonyl (C=O) groups is 1. The highest BCUT2D eigenvalue weighted by Crippen LogP contribution is 2.37. The van der Waals surface area contributed by atoms with E-state index in [2.05, 4.69) is 5.32 Å². The number of ether oxygens (including phenoxy) is 1. The molecule has 1 aromatic rings. The molecule has 138 valence electrons. The highest BCUT2D eigenvalue weighted by atomic mass is 35.5. The normalized spacial score (nSPS) is 23.9. The molecule has 1 aromatic carbocycles. The molecule has 2 atom stereocenters. The van der Waals surface area contributed by atoms with Crippen LogP contribution in [0.4, 0.5) is 13.2 Å². The summed E-state index contributed by atoms with van der Waals surface area (Å²) >= 11 is 5.76. The summed E-state index contributed by atoms with van der Waals surface area (Å²) in [5.74, 6) is 0.442. The lowest BCUT2D eigenvalue weighted by atomic mass is 9.92. The fourth-order valence-electron chi connectivity index (χ4n) is 3.55. The van der Waals surface area contributed by atoms with E-state index in [1.165, 1.54) is 0 Å². The largest absolute Gasteiger partial charge is 0.483 e. The zero-order valence-corrected chi connectivity index (χ0v) is 14.4. The van der Waals surface area contributed by atoms with Crippen molar-refractivity contribution < 1.29 is 22.7 Å². The molecule has 2 heterocycles. The molecule has 1 N–H and O–H groups in total. The summed E-state index contributed by atoms with van der Waals surface area (Å²) in [6.45, 7) is 2.76. The van der Waals surface area contributed by atoms with Crippen molar-refractivity contribution in [3.8, 4) is 5.75 Å². The molecule has 0 saturated carbocycles. The van der Waals surface area contributed by atoms with Gasteiger partial charge in [-0.15, -0.1) is 0 Å². The van der Waals surface area contributed by atoms with E-state index in [1.54, 1.807) is 4.90 Å². The average molecular weight is 377 g/mol. The van der Waals surface area contributed by atoms with Crippen LogP contribution in [0.2, 0.25) is 5.02 Å². The van der Waals surface area contributed by atoms with E-state index >= 15 is 0 Å². The molecule has 0 aliphatic carbocycles. The van der Waals surface area contributed by atoms with Gasteiger partial charge in [-0.2, -0.15) is 13.2 Å². The molecule has 0 spiro atoms. The van der Waals surface area contributed by atoms with Crippen LogP contribution in [0.3, 0.4) is 0 Å². The smallest absolute Gasteiger partial charge is 0.419 e. The zero-order chi connectivity index (χ0) is 18.0. The first-order valence-corrected chi connectivity index (χ1v) is 8.70. The number of rotatable bonds is 3. The van der Waals surface area contributed by atoms with E-state index in [1.807, 2.05) is 0 Å². The third-order valence-corrected chi connectivity index (χ3v) is 5.21. The van der Waals surface area contributed by atoms with Crippen LogP contribution in [-0.4, -0.2) is 43.6 Å². The van der Waals surface area contributed by atoms with Crippen LogP contribution in [0.25, 0.3) is 0 Å². The molecule has 4 nitrogen and oxygen atoms in total. The van der Waals surface area contributed by atoms with E-state index in [-0.39, 0.29) is 10.9 Å². The van der Waals surface area contributed by atoms with Gasteiger partial charge in [-0.1, -0.05) is 11.6 Å². The van der Waals surface area contributed by atoms with Gasteiger partial charge in [-0.3, -0.25) is 4.79 Å². The van der Waals surface area contributed by atoms with Crippen LogP contribution in [0, 0.1) is 11.8 Å². The molecule has 0 bridgehead atoms. The van der Waals surface area contributed by atoms with Gasteiger partial charge >= 0.3 is 6.18 Å². The number of carbonyl (C=O) groups excluding carboxylic acids is 1. The van der Waals surface area contributed by atoms with Gasteiger partial charge < -0.3 is 15.0 Å². The number of nitrogens with zero attached hydrogens (tertiary/aromatic N) is 1. The van der Waals surface area contributed by atoms with Crippen LogP contribution in [0.1, 0.15) is 18.4 Å². The fourth-order valence-corrected chi connectivity index (χ4v) is 3.71. The molecular weight excluding hydrogens is 357 g/mol. The van der Waals surface area contributed by atoms with Crippen molar-refractivity contribution in [2.45, 2.75) is 19.0 Å². The lowest BCUT2D eigenvalue weighted by Gasteiger charge is -2.22. The first kappa shape index (κ1) is 18.3. The van der Waals surface area contributed by atoms with Crippen LogP contribution < -0.4 is 10.1 Å². The highest BCUT2D eigenvalue weighted by molar-refractivity contribution is 6.30. The fraction of sp³-hybridized carbons (Fsp3) is 0.588. The minimum Gasteiger partial charge on any atom is -0.483 e. The molecule has 2 aliphatic heterocycles. The Morgan fingerprint density at radius 3 is 2.48 bits per heavy atom. The molecule has 0 radical (unpaired) electrons. The number of halogens is 4. The Labute approximate surface area is 149 Å². The number of hydrogen-bond donors (Lipinski definition) is 1. The van der Waals surface area contributed by atoms with Crippen molar-refractivity contribution in [1.29, 1.82) is 0 Å². The van der Waals surface area contributed by atoms with Crippen molar-refractivity contribution in [3.05, 3.63) is 28.8 Å². The molecule has 25 heavy (non-hydrogen) atoms. The standard InChI is InChI=1S/C17H20ClF3N2O2/c18-13-1-2-14(17(19,20)21)15(7-13)25-10-16(24)23-5-3-11-8-22-9-12(11)4-6-23/h1-2,7,11-12,22H,3-6,8-10H2/t11-,12+. The summed E-state index contributed by atoms with van der Waals surface area (Å²) in [7, 11) is 0. The van der Waals surface area contributed by atoms with Gasteiger partial charge in [-0.25, -0.2) is 0 Å². The van der Waals surface area contributed by atoms with Gasteiger partial charge in [0, 0.05) is 18.1 Å². The second kappa shape index (κ2) is 7.41. The van der Waals surface area contributed by atoms with Crippen molar-refractivity contribution in [1.82, 2.24) is 10.2 Å². The average Bonchev–Trinajstić information content (AvgIpc) is 2.90. The molecule has 0 unspecified atom stereocenters. The second-order valence-electron chi connectivity index (χ2n) is 6.56. The Morgan fingerprint density at radius 1 is 1.24 bits per heavy atom. The predicted octanol–water partition coefficient (Wildman–Crippen LogP) is 3.20. The number of amides is 1. The second-order valence-corrected chi connectivity index (χ2v) is 7.00. The lowest BCUT2D eigenvalue weighted by Crippen LogP contribution is -2.36. The van der Waals surface area contributed by atoms with Gasteiger partial charge in [0.15, 0.2) is 6.61 Å². The van der Waals surface area contributed by atoms with E-state index in [0.717, 1.165) is 44.1 Å². The van der Waals surface area contributed by atoms with Gasteiger partial charge in [0.2, 0.25) is 0 Å². The first-order valence-electron chi connectivity index (χ1n) is 8.32. The molecule has 0 aromatic heterocycles. The van der Waals surface area contributed by atoms with Crippen molar-refractivity contribution >= 4 is 17.5 Å². The minimum atomic E-state index is -4.56. The maximum atomic E-state index is 13.0. The van der Waals surface area contributed by atoms with Crippen LogP contribution in [0.5, 0.6) is 5.75 Å². The Bertz CT molecular complexity index is 625. The van der Waals surface area contributed by atoms with E-state index < -0.39 is 24.1 Å². The van der Waals surface area contributed by atoms with Gasteiger partial charge in [0.05, 0.1) is 5.56 Å². The van der Waals surface area contributed by atoms with Crippen molar-refractivity contribution in [3.63, 3.8) is 0 Å². The first-order chi connectivity index (χ1) is 11.8. The number of nitrogens with one attached hydrogen (secondary N) is 1. The number of benzene rings is 1. The topological polar surface area (TPSA) is 41.6 Å². The Morgan fingerprint density at radius 2 is 1.88 bits per heavy atom. The van der Waals surface area contributed by atoms with Gasteiger partial charge in [-0.05, 0) is 56.0 Å². The van der Waals surface area contributed by atoms with E-state index in [0.29, 0.717) is 24.9 Å². The molecule has 2 aliphatic rings. The van der Waals surface area contributed by atoms with Crippen molar-refractivity contribution in [2.75, 3.05) is 32.8 Å². The predicted molar refractivity (Wildman–Crippen MR) is 87.6 cm³/mol. The van der Waals surface area contributed by atoms with Crippen molar-refractivity contribution in [2.24, 2.45) is 11.8 Å². The number of likely N-dealkylation sites (tertiary alicyclic amines) is 1. The third kappa shape index (κ3) is 4.39. The highest BCUT2D eigenvalue weighted by Gasteiger charge is 2.35. The maximum Gasteiger partial charge on any atom is 0.419 e. The molecule has 8 heteroatoms. The Balaban J connectivity index is 1.62. The molecular formula is C17H20ClF3N2O2. The third-order valence-electron chi connectivity index (χ3n) is 4.97. The summed E-state index contributed by atoms with van der Waals surface area (Å²) < 4.78 is 44.2. The summed E-state index contributed by atoms with van der Waals surface area (Å²) in [6, 6.07) is 3.11. The zero-order valence-electron chi connectivity index (χ0n) is 13.6. The Hall–Kier alpha value is -1.47. The van der Waals surface area contributed by atoms with Gasteiger partial charge in [0.25, 0.3) is 5.91 Å². The van der Waals surface area contributed by atoms with E-state index in [4.69, 9.17) is 16.3 Å².